The van der Waals surface area contributed by atoms with E-state index < -0.39 is 0 Å². The highest BCUT2D eigenvalue weighted by Crippen LogP contribution is 2.30. The number of ether oxygens (including phenoxy) is 2. The Morgan fingerprint density at radius 3 is 2.55 bits per heavy atom. The number of benzene rings is 1. The first-order valence-corrected chi connectivity index (χ1v) is 8.39. The predicted molar refractivity (Wildman–Crippen MR) is 91.0 cm³/mol. The Labute approximate surface area is 136 Å². The lowest BCUT2D eigenvalue weighted by Crippen LogP contribution is -2.23. The number of aromatic nitrogens is 1. The van der Waals surface area contributed by atoms with Crippen molar-refractivity contribution < 1.29 is 9.47 Å². The molecule has 5 heteroatoms. The van der Waals surface area contributed by atoms with Crippen molar-refractivity contribution in [3.8, 4) is 11.5 Å². The zero-order valence-electron chi connectivity index (χ0n) is 13.8. The number of methoxy groups -OCH3 is 2. The number of hydrogen-bond acceptors (Lipinski definition) is 5. The quantitative estimate of drug-likeness (QED) is 0.833. The van der Waals surface area contributed by atoms with Gasteiger partial charge < -0.3 is 14.8 Å². The zero-order valence-corrected chi connectivity index (χ0v) is 14.7. The molecule has 2 unspecified atom stereocenters. The maximum atomic E-state index is 5.48. The van der Waals surface area contributed by atoms with E-state index in [-0.39, 0.29) is 12.1 Å². The molecule has 0 bridgehead atoms. The summed E-state index contributed by atoms with van der Waals surface area (Å²) in [5, 5.41) is 6.90. The second-order valence-corrected chi connectivity index (χ2v) is 6.18. The normalized spacial score (nSPS) is 13.7. The summed E-state index contributed by atoms with van der Waals surface area (Å²) in [6.45, 7) is 6.40. The Morgan fingerprint density at radius 1 is 1.18 bits per heavy atom. The highest BCUT2D eigenvalue weighted by Gasteiger charge is 2.17. The van der Waals surface area contributed by atoms with E-state index in [1.54, 1.807) is 25.6 Å². The van der Waals surface area contributed by atoms with Crippen LogP contribution >= 0.6 is 11.3 Å². The van der Waals surface area contributed by atoms with Crippen LogP contribution in [-0.4, -0.2) is 19.2 Å². The summed E-state index contributed by atoms with van der Waals surface area (Å²) in [6.07, 6.45) is 0.985. The maximum absolute atomic E-state index is 5.48. The summed E-state index contributed by atoms with van der Waals surface area (Å²) < 4.78 is 10.7. The summed E-state index contributed by atoms with van der Waals surface area (Å²) in [6, 6.07) is 6.26. The number of nitrogens with one attached hydrogen (secondary N) is 1. The van der Waals surface area contributed by atoms with Gasteiger partial charge in [-0.1, -0.05) is 13.0 Å². The third-order valence-corrected chi connectivity index (χ3v) is 4.73. The monoisotopic (exact) mass is 320 g/mol. The van der Waals surface area contributed by atoms with Gasteiger partial charge in [0, 0.05) is 29.1 Å². The molecule has 2 rings (SSSR count). The van der Waals surface area contributed by atoms with Gasteiger partial charge in [-0.05, 0) is 26.3 Å². The van der Waals surface area contributed by atoms with Gasteiger partial charge in [0.1, 0.15) is 11.5 Å². The molecule has 4 nitrogen and oxygen atoms in total. The third kappa shape index (κ3) is 3.78. The fourth-order valence-electron chi connectivity index (χ4n) is 2.41. The Balaban J connectivity index is 2.12. The lowest BCUT2D eigenvalue weighted by Gasteiger charge is -2.21. The molecule has 0 fully saturated rings. The summed E-state index contributed by atoms with van der Waals surface area (Å²) >= 11 is 1.72. The highest BCUT2D eigenvalue weighted by molar-refractivity contribution is 7.09. The van der Waals surface area contributed by atoms with Gasteiger partial charge in [0.15, 0.2) is 0 Å². The number of nitrogens with zero attached hydrogens (tertiary/aromatic N) is 1. The largest absolute Gasteiger partial charge is 0.497 e. The average Bonchev–Trinajstić information content (AvgIpc) is 3.03. The van der Waals surface area contributed by atoms with Crippen LogP contribution in [0.15, 0.2) is 23.6 Å². The molecule has 0 radical (unpaired) electrons. The van der Waals surface area contributed by atoms with E-state index in [1.165, 1.54) is 5.01 Å². The lowest BCUT2D eigenvalue weighted by molar-refractivity contribution is 0.382. The van der Waals surface area contributed by atoms with Crippen molar-refractivity contribution in [2.75, 3.05) is 14.2 Å². The van der Waals surface area contributed by atoms with Crippen LogP contribution in [0.1, 0.15) is 49.1 Å². The van der Waals surface area contributed by atoms with E-state index >= 15 is 0 Å². The molecule has 0 aliphatic rings. The van der Waals surface area contributed by atoms with Gasteiger partial charge in [-0.15, -0.1) is 11.3 Å². The molecule has 1 N–H and O–H groups in total. The highest BCUT2D eigenvalue weighted by atomic mass is 32.1. The van der Waals surface area contributed by atoms with Gasteiger partial charge in [-0.3, -0.25) is 0 Å². The van der Waals surface area contributed by atoms with Crippen molar-refractivity contribution in [1.29, 1.82) is 0 Å². The molecule has 2 atom stereocenters. The first kappa shape index (κ1) is 16.8. The summed E-state index contributed by atoms with van der Waals surface area (Å²) in [5.41, 5.74) is 2.21. The van der Waals surface area contributed by atoms with E-state index in [2.05, 4.69) is 36.5 Å². The van der Waals surface area contributed by atoms with Gasteiger partial charge in [-0.2, -0.15) is 0 Å². The molecule has 0 aliphatic carbocycles. The average molecular weight is 320 g/mol. The predicted octanol–water partition coefficient (Wildman–Crippen LogP) is 4.13. The van der Waals surface area contributed by atoms with Crippen molar-refractivity contribution in [1.82, 2.24) is 10.3 Å². The van der Waals surface area contributed by atoms with Crippen molar-refractivity contribution in [2.24, 2.45) is 0 Å². The Hall–Kier alpha value is -1.59. The molecule has 0 spiro atoms. The van der Waals surface area contributed by atoms with Gasteiger partial charge in [0.25, 0.3) is 0 Å². The summed E-state index contributed by atoms with van der Waals surface area (Å²) in [7, 11) is 3.34. The molecule has 1 aromatic carbocycles. The third-order valence-electron chi connectivity index (χ3n) is 3.72. The fraction of sp³-hybridized carbons (Fsp3) is 0.471. The van der Waals surface area contributed by atoms with E-state index in [1.807, 2.05) is 18.2 Å². The minimum Gasteiger partial charge on any atom is -0.497 e. The fourth-order valence-corrected chi connectivity index (χ4v) is 3.25. The van der Waals surface area contributed by atoms with E-state index in [0.717, 1.165) is 29.2 Å². The maximum Gasteiger partial charge on any atom is 0.127 e. The van der Waals surface area contributed by atoms with E-state index in [4.69, 9.17) is 9.47 Å². The molecule has 0 amide bonds. The minimum absolute atomic E-state index is 0.155. The van der Waals surface area contributed by atoms with Crippen LogP contribution in [0.3, 0.4) is 0 Å². The van der Waals surface area contributed by atoms with Crippen LogP contribution in [0.25, 0.3) is 0 Å². The zero-order chi connectivity index (χ0) is 16.1. The van der Waals surface area contributed by atoms with Crippen molar-refractivity contribution in [2.45, 2.75) is 39.3 Å². The second-order valence-electron chi connectivity index (χ2n) is 5.24. The number of aryl methyl sites for hydroxylation is 1. The topological polar surface area (TPSA) is 43.4 Å². The Kier molecular flexibility index (Phi) is 5.80. The molecule has 0 saturated heterocycles. The SMILES string of the molecule is CCc1nc(C(C)NC(C)c2ccc(OC)cc2OC)cs1. The first-order valence-electron chi connectivity index (χ1n) is 7.51. The van der Waals surface area contributed by atoms with Crippen molar-refractivity contribution in [3.63, 3.8) is 0 Å². The molecule has 22 heavy (non-hydrogen) atoms. The Morgan fingerprint density at radius 2 is 1.95 bits per heavy atom. The summed E-state index contributed by atoms with van der Waals surface area (Å²) in [5.74, 6) is 1.63. The van der Waals surface area contributed by atoms with Crippen LogP contribution in [0, 0.1) is 0 Å². The molecule has 120 valence electrons. The molecule has 2 aromatic rings. The molecule has 0 saturated carbocycles. The smallest absolute Gasteiger partial charge is 0.127 e. The molecule has 1 aromatic heterocycles. The summed E-state index contributed by atoms with van der Waals surface area (Å²) in [4.78, 5) is 4.65. The van der Waals surface area contributed by atoms with Crippen LogP contribution in [0.4, 0.5) is 0 Å². The van der Waals surface area contributed by atoms with Crippen LogP contribution in [0.2, 0.25) is 0 Å². The van der Waals surface area contributed by atoms with Gasteiger partial charge in [0.05, 0.1) is 24.9 Å². The first-order chi connectivity index (χ1) is 10.6. The molecule has 1 heterocycles. The number of rotatable bonds is 7. The van der Waals surface area contributed by atoms with Crippen molar-refractivity contribution in [3.05, 3.63) is 39.8 Å². The molecular weight excluding hydrogens is 296 g/mol. The standard InChI is InChI=1S/C17H24N2O2S/c1-6-17-19-15(10-22-17)12(3)18-11(2)14-8-7-13(20-4)9-16(14)21-5/h7-12,18H,6H2,1-5H3. The molecular formula is C17H24N2O2S. The van der Waals surface area contributed by atoms with Crippen LogP contribution in [0.5, 0.6) is 11.5 Å². The minimum atomic E-state index is 0.155. The van der Waals surface area contributed by atoms with Gasteiger partial charge >= 0.3 is 0 Å². The van der Waals surface area contributed by atoms with Crippen LogP contribution < -0.4 is 14.8 Å². The van der Waals surface area contributed by atoms with Crippen LogP contribution in [-0.2, 0) is 6.42 Å². The molecule has 0 aliphatic heterocycles. The van der Waals surface area contributed by atoms with E-state index in [0.29, 0.717) is 0 Å². The van der Waals surface area contributed by atoms with Gasteiger partial charge in [-0.25, -0.2) is 4.98 Å². The van der Waals surface area contributed by atoms with Gasteiger partial charge in [0.2, 0.25) is 0 Å². The number of thiazole rings is 1. The van der Waals surface area contributed by atoms with Crippen molar-refractivity contribution >= 4 is 11.3 Å². The number of hydrogen-bond donors (Lipinski definition) is 1. The van der Waals surface area contributed by atoms with E-state index in [9.17, 15) is 0 Å². The lowest BCUT2D eigenvalue weighted by atomic mass is 10.1. The second kappa shape index (κ2) is 7.61. The Bertz CT molecular complexity index is 612.